The van der Waals surface area contributed by atoms with Gasteiger partial charge in [-0.2, -0.15) is 0 Å². The maximum absolute atomic E-state index is 14.1. The fraction of sp³-hybridized carbons (Fsp3) is 0.243. The number of imide groups is 1. The SMILES string of the molecule is CCN(CCNC(=O)c1c(C)[nH]c(/C=C2\C(=O)N(C(=O)Cl)c3ccc(F)cc32)c1C)C(=O)OCC1c2ccccc2-c2ccccc21.CN. The molecule has 4 aromatic rings. The molecule has 0 fully saturated rings. The highest BCUT2D eigenvalue weighted by Gasteiger charge is 2.37. The molecule has 0 unspecified atom stereocenters. The third kappa shape index (κ3) is 6.72. The fourth-order valence-corrected chi connectivity index (χ4v) is 6.61. The van der Waals surface area contributed by atoms with E-state index in [0.717, 1.165) is 39.3 Å². The number of carbonyl (C=O) groups excluding carboxylic acids is 4. The lowest BCUT2D eigenvalue weighted by Crippen LogP contribution is -2.39. The number of rotatable bonds is 8. The van der Waals surface area contributed by atoms with E-state index in [1.54, 1.807) is 13.8 Å². The largest absolute Gasteiger partial charge is 0.448 e. The van der Waals surface area contributed by atoms with E-state index in [1.807, 2.05) is 31.2 Å². The van der Waals surface area contributed by atoms with E-state index in [9.17, 15) is 23.6 Å². The first-order chi connectivity index (χ1) is 23.6. The molecule has 0 bridgehead atoms. The number of aromatic nitrogens is 1. The standard InChI is InChI=1S/C36H32ClFN4O5.CH5N/c1-4-41(36(46)47-19-29-25-11-7-5-9-23(25)24-10-6-8-12-26(24)29)16-15-39-33(43)32-20(2)30(40-21(32)3)18-28-27-17-22(38)13-14-31(27)42(34(28)44)35(37)45;1-2/h5-14,17-18,29,40H,4,15-16,19H2,1-3H3,(H,39,43);2H2,1H3/b28-18-;. The molecule has 1 aliphatic heterocycles. The fourth-order valence-electron chi connectivity index (χ4n) is 6.44. The van der Waals surface area contributed by atoms with Crippen LogP contribution in [0.1, 0.15) is 56.8 Å². The van der Waals surface area contributed by atoms with Crippen LogP contribution in [-0.2, 0) is 9.53 Å². The smallest absolute Gasteiger partial charge is 0.409 e. The molecule has 3 aromatic carbocycles. The van der Waals surface area contributed by atoms with E-state index >= 15 is 0 Å². The Morgan fingerprint density at radius 1 is 1.02 bits per heavy atom. The second kappa shape index (κ2) is 14.9. The maximum atomic E-state index is 14.1. The van der Waals surface area contributed by atoms with E-state index in [2.05, 4.69) is 40.3 Å². The first-order valence-corrected chi connectivity index (χ1v) is 16.2. The van der Waals surface area contributed by atoms with Crippen LogP contribution < -0.4 is 16.0 Å². The third-order valence-corrected chi connectivity index (χ3v) is 8.90. The Kier molecular flexibility index (Phi) is 10.6. The number of likely N-dealkylation sites (N-methyl/N-ethyl adjacent to an activating group) is 1. The average molecular weight is 686 g/mol. The molecular formula is C37H37ClFN5O5. The summed E-state index contributed by atoms with van der Waals surface area (Å²) in [5.41, 5.74) is 11.4. The van der Waals surface area contributed by atoms with Gasteiger partial charge in [-0.25, -0.2) is 14.1 Å². The zero-order chi connectivity index (χ0) is 35.4. The number of aromatic amines is 1. The summed E-state index contributed by atoms with van der Waals surface area (Å²) >= 11 is 5.65. The first kappa shape index (κ1) is 35.1. The minimum Gasteiger partial charge on any atom is -0.448 e. The van der Waals surface area contributed by atoms with Crippen LogP contribution in [0.25, 0.3) is 22.8 Å². The topological polar surface area (TPSA) is 138 Å². The minimum absolute atomic E-state index is 0.0565. The highest BCUT2D eigenvalue weighted by Crippen LogP contribution is 2.44. The molecule has 0 spiro atoms. The van der Waals surface area contributed by atoms with E-state index in [-0.39, 0.29) is 48.3 Å². The monoisotopic (exact) mass is 685 g/mol. The number of hydrogen-bond donors (Lipinski definition) is 3. The van der Waals surface area contributed by atoms with Crippen molar-refractivity contribution in [1.82, 2.24) is 15.2 Å². The van der Waals surface area contributed by atoms with Crippen molar-refractivity contribution in [2.75, 3.05) is 38.2 Å². The molecule has 0 saturated carbocycles. The van der Waals surface area contributed by atoms with Crippen LogP contribution in [0, 0.1) is 19.7 Å². The van der Waals surface area contributed by atoms with Crippen molar-refractivity contribution in [2.45, 2.75) is 26.7 Å². The Labute approximate surface area is 288 Å². The minimum atomic E-state index is -1.01. The van der Waals surface area contributed by atoms with Crippen molar-refractivity contribution in [3.63, 3.8) is 0 Å². The number of aryl methyl sites for hydroxylation is 1. The lowest BCUT2D eigenvalue weighted by Gasteiger charge is -2.22. The Hall–Kier alpha value is -5.26. The van der Waals surface area contributed by atoms with Crippen LogP contribution in [0.15, 0.2) is 66.7 Å². The lowest BCUT2D eigenvalue weighted by molar-refractivity contribution is -0.112. The summed E-state index contributed by atoms with van der Waals surface area (Å²) < 4.78 is 19.9. The van der Waals surface area contributed by atoms with Crippen LogP contribution in [0.4, 0.5) is 19.7 Å². The average Bonchev–Trinajstić information content (AvgIpc) is 3.68. The van der Waals surface area contributed by atoms with Gasteiger partial charge in [-0.15, -0.1) is 0 Å². The van der Waals surface area contributed by atoms with Crippen molar-refractivity contribution in [2.24, 2.45) is 5.73 Å². The number of halogens is 2. The second-order valence-electron chi connectivity index (χ2n) is 11.4. The molecule has 2 heterocycles. The quantitative estimate of drug-likeness (QED) is 0.109. The number of carbonyl (C=O) groups is 4. The molecule has 4 amide bonds. The van der Waals surface area contributed by atoms with Gasteiger partial charge in [0.25, 0.3) is 11.8 Å². The summed E-state index contributed by atoms with van der Waals surface area (Å²) in [5.74, 6) is -1.70. The molecule has 12 heteroatoms. The summed E-state index contributed by atoms with van der Waals surface area (Å²) in [6, 6.07) is 19.9. The number of hydrogen-bond acceptors (Lipinski definition) is 6. The molecule has 1 aromatic heterocycles. The molecule has 0 saturated heterocycles. The zero-order valence-corrected chi connectivity index (χ0v) is 28.4. The highest BCUT2D eigenvalue weighted by molar-refractivity contribution is 6.70. The van der Waals surface area contributed by atoms with Crippen LogP contribution >= 0.6 is 11.6 Å². The molecule has 254 valence electrons. The van der Waals surface area contributed by atoms with Crippen molar-refractivity contribution in [1.29, 1.82) is 0 Å². The van der Waals surface area contributed by atoms with E-state index in [0.29, 0.717) is 29.1 Å². The van der Waals surface area contributed by atoms with Gasteiger partial charge in [0.1, 0.15) is 12.4 Å². The van der Waals surface area contributed by atoms with Crippen LogP contribution in [-0.4, -0.2) is 66.4 Å². The Balaban J connectivity index is 0.00000230. The summed E-state index contributed by atoms with van der Waals surface area (Å²) in [4.78, 5) is 56.8. The molecule has 6 rings (SSSR count). The highest BCUT2D eigenvalue weighted by atomic mass is 35.5. The third-order valence-electron chi connectivity index (χ3n) is 8.73. The normalized spacial score (nSPS) is 13.7. The number of nitrogens with zero attached hydrogens (tertiary/aromatic N) is 2. The van der Waals surface area contributed by atoms with Gasteiger partial charge in [0, 0.05) is 42.5 Å². The van der Waals surface area contributed by atoms with Gasteiger partial charge in [0.05, 0.1) is 16.8 Å². The van der Waals surface area contributed by atoms with Crippen LogP contribution in [0.3, 0.4) is 0 Å². The van der Waals surface area contributed by atoms with E-state index in [4.69, 9.17) is 16.3 Å². The van der Waals surface area contributed by atoms with Gasteiger partial charge in [-0.05, 0) is 91.5 Å². The van der Waals surface area contributed by atoms with Crippen molar-refractivity contribution < 1.29 is 28.3 Å². The number of amides is 4. The van der Waals surface area contributed by atoms with Crippen molar-refractivity contribution >= 4 is 52.2 Å². The Morgan fingerprint density at radius 2 is 1.65 bits per heavy atom. The van der Waals surface area contributed by atoms with Gasteiger partial charge in [-0.3, -0.25) is 14.4 Å². The second-order valence-corrected chi connectivity index (χ2v) is 11.7. The predicted octanol–water partition coefficient (Wildman–Crippen LogP) is 6.59. The maximum Gasteiger partial charge on any atom is 0.409 e. The summed E-state index contributed by atoms with van der Waals surface area (Å²) in [6.07, 6.45) is 1.02. The first-order valence-electron chi connectivity index (χ1n) is 15.8. The number of fused-ring (bicyclic) bond motifs is 4. The van der Waals surface area contributed by atoms with Gasteiger partial charge < -0.3 is 25.7 Å². The number of benzene rings is 3. The molecule has 49 heavy (non-hydrogen) atoms. The number of ether oxygens (including phenoxy) is 1. The van der Waals surface area contributed by atoms with Crippen LogP contribution in [0.2, 0.25) is 0 Å². The Bertz CT molecular complexity index is 1930. The summed E-state index contributed by atoms with van der Waals surface area (Å²) in [5, 5.41) is 1.86. The molecule has 10 nitrogen and oxygen atoms in total. The molecule has 4 N–H and O–H groups in total. The predicted molar refractivity (Wildman–Crippen MR) is 188 cm³/mol. The number of anilines is 1. The Morgan fingerprint density at radius 3 is 2.27 bits per heavy atom. The van der Waals surface area contributed by atoms with Crippen molar-refractivity contribution in [3.8, 4) is 11.1 Å². The number of H-pyrrole nitrogens is 1. The number of nitrogens with one attached hydrogen (secondary N) is 2. The molecular weight excluding hydrogens is 649 g/mol. The van der Waals surface area contributed by atoms with E-state index < -0.39 is 23.2 Å². The molecule has 0 radical (unpaired) electrons. The molecule has 0 atom stereocenters. The van der Waals surface area contributed by atoms with Gasteiger partial charge >= 0.3 is 11.5 Å². The van der Waals surface area contributed by atoms with E-state index in [1.165, 1.54) is 24.1 Å². The summed E-state index contributed by atoms with van der Waals surface area (Å²) in [6.45, 7) is 6.29. The lowest BCUT2D eigenvalue weighted by atomic mass is 9.98. The molecule has 2 aliphatic rings. The summed E-state index contributed by atoms with van der Waals surface area (Å²) in [7, 11) is 1.50. The zero-order valence-electron chi connectivity index (χ0n) is 27.6. The number of nitrogens with two attached hydrogens (primary N) is 1. The van der Waals surface area contributed by atoms with Crippen LogP contribution in [0.5, 0.6) is 0 Å². The van der Waals surface area contributed by atoms with Gasteiger partial charge in [0.2, 0.25) is 0 Å². The van der Waals surface area contributed by atoms with Gasteiger partial charge in [-0.1, -0.05) is 48.5 Å². The van der Waals surface area contributed by atoms with Crippen molar-refractivity contribution in [3.05, 3.63) is 112 Å². The van der Waals surface area contributed by atoms with Gasteiger partial charge in [0.15, 0.2) is 0 Å². The molecule has 1 aliphatic carbocycles.